The topological polar surface area (TPSA) is 38.2 Å². The molecule has 0 atom stereocenters. The Morgan fingerprint density at radius 3 is 2.93 bits per heavy atom. The van der Waals surface area contributed by atoms with Gasteiger partial charge >= 0.3 is 0 Å². The summed E-state index contributed by atoms with van der Waals surface area (Å²) in [6.45, 7) is 3.30. The normalized spacial score (nSPS) is 17.9. The average Bonchev–Trinajstić information content (AvgIpc) is 2.47. The molecule has 2 rings (SSSR count). The summed E-state index contributed by atoms with van der Waals surface area (Å²) in [5.41, 5.74) is 0. The summed E-state index contributed by atoms with van der Waals surface area (Å²) in [5.74, 6) is 0.764. The van der Waals surface area contributed by atoms with Crippen LogP contribution in [0.3, 0.4) is 0 Å². The quantitative estimate of drug-likeness (QED) is 0.706. The average molecular weight is 214 g/mol. The van der Waals surface area contributed by atoms with Crippen LogP contribution in [0, 0.1) is 0 Å². The number of rotatable bonds is 1. The molecule has 0 radical (unpaired) electrons. The minimum atomic E-state index is 0.467. The monoisotopic (exact) mass is 213 g/mol. The summed E-state index contributed by atoms with van der Waals surface area (Å²) in [5, 5.41) is 0.467. The Morgan fingerprint density at radius 1 is 1.21 bits per heavy atom. The molecule has 0 spiro atoms. The van der Waals surface area contributed by atoms with Gasteiger partial charge in [0.15, 0.2) is 11.0 Å². The van der Waals surface area contributed by atoms with E-state index in [2.05, 4.69) is 14.9 Å². The Bertz CT molecular complexity index is 300. The van der Waals surface area contributed by atoms with Gasteiger partial charge in [-0.3, -0.25) is 0 Å². The standard InChI is InChI=1S/C9H12ClN3O/c10-8-9(12-3-2-11-8)13-4-1-6-14-7-5-13/h2-3H,1,4-7H2. The van der Waals surface area contributed by atoms with Gasteiger partial charge in [-0.25, -0.2) is 9.97 Å². The van der Waals surface area contributed by atoms with Crippen LogP contribution in [0.1, 0.15) is 6.42 Å². The fraction of sp³-hybridized carbons (Fsp3) is 0.556. The molecular weight excluding hydrogens is 202 g/mol. The molecular formula is C9H12ClN3O. The molecule has 1 saturated heterocycles. The number of hydrogen-bond donors (Lipinski definition) is 0. The van der Waals surface area contributed by atoms with Gasteiger partial charge in [0.25, 0.3) is 0 Å². The first-order chi connectivity index (χ1) is 6.88. The van der Waals surface area contributed by atoms with E-state index in [4.69, 9.17) is 16.3 Å². The molecule has 5 heteroatoms. The number of ether oxygens (including phenoxy) is 1. The van der Waals surface area contributed by atoms with Gasteiger partial charge in [-0.15, -0.1) is 0 Å². The lowest BCUT2D eigenvalue weighted by Crippen LogP contribution is -2.27. The van der Waals surface area contributed by atoms with Crippen LogP contribution >= 0.6 is 11.6 Å². The zero-order valence-electron chi connectivity index (χ0n) is 7.82. The van der Waals surface area contributed by atoms with Crippen LogP contribution in [0.4, 0.5) is 5.82 Å². The highest BCUT2D eigenvalue weighted by Gasteiger charge is 2.14. The van der Waals surface area contributed by atoms with Crippen molar-refractivity contribution in [2.45, 2.75) is 6.42 Å². The summed E-state index contributed by atoms with van der Waals surface area (Å²) < 4.78 is 5.35. The fourth-order valence-corrected chi connectivity index (χ4v) is 1.71. The van der Waals surface area contributed by atoms with Crippen LogP contribution in [-0.2, 0) is 4.74 Å². The van der Waals surface area contributed by atoms with Crippen molar-refractivity contribution in [1.82, 2.24) is 9.97 Å². The second-order valence-corrected chi connectivity index (χ2v) is 3.48. The van der Waals surface area contributed by atoms with Crippen LogP contribution in [0.15, 0.2) is 12.4 Å². The number of aromatic nitrogens is 2. The largest absolute Gasteiger partial charge is 0.380 e. The maximum Gasteiger partial charge on any atom is 0.171 e. The summed E-state index contributed by atoms with van der Waals surface area (Å²) in [4.78, 5) is 10.3. The number of hydrogen-bond acceptors (Lipinski definition) is 4. The molecule has 1 fully saturated rings. The third-order valence-corrected chi connectivity index (χ3v) is 2.42. The van der Waals surface area contributed by atoms with E-state index in [1.54, 1.807) is 12.4 Å². The first kappa shape index (κ1) is 9.68. The molecule has 0 aliphatic carbocycles. The first-order valence-electron chi connectivity index (χ1n) is 4.67. The molecule has 0 saturated carbocycles. The van der Waals surface area contributed by atoms with Crippen molar-refractivity contribution in [1.29, 1.82) is 0 Å². The van der Waals surface area contributed by atoms with Gasteiger partial charge in [0.2, 0.25) is 0 Å². The summed E-state index contributed by atoms with van der Waals surface area (Å²) in [6, 6.07) is 0. The van der Waals surface area contributed by atoms with Crippen molar-refractivity contribution in [3.05, 3.63) is 17.5 Å². The minimum absolute atomic E-state index is 0.467. The number of anilines is 1. The highest BCUT2D eigenvalue weighted by molar-refractivity contribution is 6.31. The molecule has 1 aliphatic heterocycles. The zero-order chi connectivity index (χ0) is 9.80. The van der Waals surface area contributed by atoms with Crippen LogP contribution in [0.25, 0.3) is 0 Å². The lowest BCUT2D eigenvalue weighted by molar-refractivity contribution is 0.152. The minimum Gasteiger partial charge on any atom is -0.380 e. The van der Waals surface area contributed by atoms with E-state index in [0.717, 1.165) is 38.5 Å². The van der Waals surface area contributed by atoms with Crippen molar-refractivity contribution in [2.75, 3.05) is 31.2 Å². The second kappa shape index (κ2) is 4.57. The van der Waals surface area contributed by atoms with E-state index in [9.17, 15) is 0 Å². The Labute approximate surface area is 87.9 Å². The fourth-order valence-electron chi connectivity index (χ4n) is 1.48. The number of halogens is 1. The van der Waals surface area contributed by atoms with Gasteiger partial charge in [0, 0.05) is 32.1 Å². The van der Waals surface area contributed by atoms with Gasteiger partial charge in [-0.1, -0.05) is 11.6 Å². The highest BCUT2D eigenvalue weighted by atomic mass is 35.5. The molecule has 0 aromatic carbocycles. The lowest BCUT2D eigenvalue weighted by Gasteiger charge is -2.20. The molecule has 1 aromatic heterocycles. The van der Waals surface area contributed by atoms with Crippen LogP contribution in [-0.4, -0.2) is 36.3 Å². The molecule has 14 heavy (non-hydrogen) atoms. The third-order valence-electron chi connectivity index (χ3n) is 2.16. The predicted molar refractivity (Wildman–Crippen MR) is 54.7 cm³/mol. The SMILES string of the molecule is Clc1nccnc1N1CCCOCC1. The maximum atomic E-state index is 5.95. The van der Waals surface area contributed by atoms with Gasteiger partial charge in [0.1, 0.15) is 0 Å². The van der Waals surface area contributed by atoms with E-state index < -0.39 is 0 Å². The van der Waals surface area contributed by atoms with Crippen molar-refractivity contribution >= 4 is 17.4 Å². The first-order valence-corrected chi connectivity index (χ1v) is 5.05. The van der Waals surface area contributed by atoms with Crippen molar-refractivity contribution in [3.63, 3.8) is 0 Å². The Balaban J connectivity index is 2.16. The maximum absolute atomic E-state index is 5.95. The van der Waals surface area contributed by atoms with Gasteiger partial charge in [0.05, 0.1) is 6.61 Å². The zero-order valence-corrected chi connectivity index (χ0v) is 8.57. The van der Waals surface area contributed by atoms with Gasteiger partial charge in [-0.2, -0.15) is 0 Å². The Morgan fingerprint density at radius 2 is 2.07 bits per heavy atom. The molecule has 0 N–H and O–H groups in total. The summed E-state index contributed by atoms with van der Waals surface area (Å²) in [6.07, 6.45) is 4.26. The molecule has 0 amide bonds. The van der Waals surface area contributed by atoms with E-state index >= 15 is 0 Å². The highest BCUT2D eigenvalue weighted by Crippen LogP contribution is 2.20. The van der Waals surface area contributed by atoms with Gasteiger partial charge < -0.3 is 9.64 Å². The van der Waals surface area contributed by atoms with Crippen molar-refractivity contribution in [2.24, 2.45) is 0 Å². The van der Waals surface area contributed by atoms with E-state index in [1.165, 1.54) is 0 Å². The molecule has 1 aromatic rings. The Hall–Kier alpha value is -0.870. The second-order valence-electron chi connectivity index (χ2n) is 3.12. The molecule has 1 aliphatic rings. The van der Waals surface area contributed by atoms with Crippen molar-refractivity contribution in [3.8, 4) is 0 Å². The molecule has 2 heterocycles. The molecule has 0 unspecified atom stereocenters. The van der Waals surface area contributed by atoms with Crippen LogP contribution in [0.5, 0.6) is 0 Å². The Kier molecular flexibility index (Phi) is 3.16. The third kappa shape index (κ3) is 2.13. The van der Waals surface area contributed by atoms with Crippen molar-refractivity contribution < 1.29 is 4.74 Å². The predicted octanol–water partition coefficient (Wildman–Crippen LogP) is 1.36. The lowest BCUT2D eigenvalue weighted by atomic mass is 10.4. The summed E-state index contributed by atoms with van der Waals surface area (Å²) >= 11 is 5.95. The molecule has 4 nitrogen and oxygen atoms in total. The molecule has 76 valence electrons. The van der Waals surface area contributed by atoms with E-state index in [-0.39, 0.29) is 0 Å². The van der Waals surface area contributed by atoms with Crippen LogP contribution < -0.4 is 4.90 Å². The number of nitrogens with zero attached hydrogens (tertiary/aromatic N) is 3. The molecule has 0 bridgehead atoms. The van der Waals surface area contributed by atoms with Gasteiger partial charge in [-0.05, 0) is 6.42 Å². The van der Waals surface area contributed by atoms with E-state index in [0.29, 0.717) is 5.15 Å². The van der Waals surface area contributed by atoms with E-state index in [1.807, 2.05) is 0 Å². The summed E-state index contributed by atoms with van der Waals surface area (Å²) in [7, 11) is 0. The smallest absolute Gasteiger partial charge is 0.171 e. The van der Waals surface area contributed by atoms with Crippen LogP contribution in [0.2, 0.25) is 5.15 Å².